The molecule has 1 aromatic rings. The van der Waals surface area contributed by atoms with Crippen molar-refractivity contribution in [3.05, 3.63) is 35.1 Å². The molecular formula is C13H16FNO3. The minimum Gasteiger partial charge on any atom is -0.465 e. The molecule has 0 aliphatic heterocycles. The van der Waals surface area contributed by atoms with Gasteiger partial charge in [0, 0.05) is 7.05 Å². The summed E-state index contributed by atoms with van der Waals surface area (Å²) in [7, 11) is 1.43. The second kappa shape index (κ2) is 6.14. The van der Waals surface area contributed by atoms with Crippen molar-refractivity contribution in [2.45, 2.75) is 13.8 Å². The Balaban J connectivity index is 2.80. The second-order valence-electron chi connectivity index (χ2n) is 3.95. The maximum atomic E-state index is 13.5. The van der Waals surface area contributed by atoms with Gasteiger partial charge in [-0.15, -0.1) is 0 Å². The predicted molar refractivity (Wildman–Crippen MR) is 64.7 cm³/mol. The van der Waals surface area contributed by atoms with E-state index in [1.165, 1.54) is 19.2 Å². The van der Waals surface area contributed by atoms with Crippen molar-refractivity contribution in [3.63, 3.8) is 0 Å². The van der Waals surface area contributed by atoms with E-state index in [4.69, 9.17) is 4.74 Å². The van der Waals surface area contributed by atoms with Crippen molar-refractivity contribution in [1.82, 2.24) is 4.90 Å². The van der Waals surface area contributed by atoms with Gasteiger partial charge in [-0.05, 0) is 26.0 Å². The van der Waals surface area contributed by atoms with Gasteiger partial charge >= 0.3 is 5.97 Å². The van der Waals surface area contributed by atoms with Crippen LogP contribution in [0.1, 0.15) is 22.8 Å². The molecule has 0 spiro atoms. The molecule has 1 amide bonds. The zero-order chi connectivity index (χ0) is 13.7. The van der Waals surface area contributed by atoms with E-state index in [2.05, 4.69) is 0 Å². The summed E-state index contributed by atoms with van der Waals surface area (Å²) in [5.74, 6) is -1.65. The van der Waals surface area contributed by atoms with Gasteiger partial charge in [0.1, 0.15) is 12.4 Å². The Bertz CT molecular complexity index is 460. The maximum Gasteiger partial charge on any atom is 0.325 e. The Labute approximate surface area is 105 Å². The molecule has 1 aromatic carbocycles. The molecule has 0 N–H and O–H groups in total. The summed E-state index contributed by atoms with van der Waals surface area (Å²) in [5.41, 5.74) is 0.742. The van der Waals surface area contributed by atoms with Crippen LogP contribution in [-0.4, -0.2) is 37.0 Å². The average Bonchev–Trinajstić information content (AvgIpc) is 2.31. The van der Waals surface area contributed by atoms with Crippen LogP contribution in [0.2, 0.25) is 0 Å². The first-order valence-corrected chi connectivity index (χ1v) is 5.63. The lowest BCUT2D eigenvalue weighted by atomic mass is 10.1. The molecule has 0 saturated carbocycles. The van der Waals surface area contributed by atoms with Crippen molar-refractivity contribution >= 4 is 11.9 Å². The molecule has 0 atom stereocenters. The number of likely N-dealkylation sites (N-methyl/N-ethyl adjacent to an activating group) is 1. The number of amides is 1. The van der Waals surface area contributed by atoms with Gasteiger partial charge in [-0.3, -0.25) is 9.59 Å². The lowest BCUT2D eigenvalue weighted by Crippen LogP contribution is -2.33. The molecule has 0 bridgehead atoms. The largest absolute Gasteiger partial charge is 0.465 e. The number of ether oxygens (including phenoxy) is 1. The van der Waals surface area contributed by atoms with Crippen LogP contribution < -0.4 is 0 Å². The molecule has 5 heteroatoms. The number of rotatable bonds is 4. The van der Waals surface area contributed by atoms with E-state index in [-0.39, 0.29) is 18.7 Å². The van der Waals surface area contributed by atoms with Gasteiger partial charge in [0.05, 0.1) is 12.2 Å². The number of carbonyl (C=O) groups excluding carboxylic acids is 2. The van der Waals surface area contributed by atoms with Gasteiger partial charge in [0.15, 0.2) is 0 Å². The summed E-state index contributed by atoms with van der Waals surface area (Å²) in [4.78, 5) is 24.3. The molecule has 0 heterocycles. The number of benzene rings is 1. The van der Waals surface area contributed by atoms with Crippen LogP contribution >= 0.6 is 0 Å². The highest BCUT2D eigenvalue weighted by molar-refractivity contribution is 5.96. The average molecular weight is 253 g/mol. The third kappa shape index (κ3) is 3.55. The first kappa shape index (κ1) is 14.2. The van der Waals surface area contributed by atoms with Crippen LogP contribution in [0, 0.1) is 12.7 Å². The lowest BCUT2D eigenvalue weighted by molar-refractivity contribution is -0.143. The van der Waals surface area contributed by atoms with Crippen molar-refractivity contribution in [2.24, 2.45) is 0 Å². The Morgan fingerprint density at radius 2 is 2.06 bits per heavy atom. The molecule has 4 nitrogen and oxygen atoms in total. The Hall–Kier alpha value is -1.91. The van der Waals surface area contributed by atoms with E-state index in [0.717, 1.165) is 10.5 Å². The fourth-order valence-corrected chi connectivity index (χ4v) is 1.48. The smallest absolute Gasteiger partial charge is 0.325 e. The van der Waals surface area contributed by atoms with E-state index >= 15 is 0 Å². The van der Waals surface area contributed by atoms with E-state index in [1.54, 1.807) is 19.9 Å². The highest BCUT2D eigenvalue weighted by Crippen LogP contribution is 2.12. The number of nitrogens with zero attached hydrogens (tertiary/aromatic N) is 1. The molecule has 0 radical (unpaired) electrons. The third-order valence-corrected chi connectivity index (χ3v) is 2.37. The normalized spacial score (nSPS) is 10.0. The molecule has 0 aliphatic rings. The van der Waals surface area contributed by atoms with E-state index < -0.39 is 17.7 Å². The van der Waals surface area contributed by atoms with Crippen LogP contribution in [0.4, 0.5) is 4.39 Å². The van der Waals surface area contributed by atoms with E-state index in [9.17, 15) is 14.0 Å². The Morgan fingerprint density at radius 1 is 1.39 bits per heavy atom. The quantitative estimate of drug-likeness (QED) is 0.768. The monoisotopic (exact) mass is 253 g/mol. The summed E-state index contributed by atoms with van der Waals surface area (Å²) >= 11 is 0. The van der Waals surface area contributed by atoms with Crippen LogP contribution in [0.3, 0.4) is 0 Å². The molecule has 0 unspecified atom stereocenters. The van der Waals surface area contributed by atoms with Crippen LogP contribution in [0.25, 0.3) is 0 Å². The third-order valence-electron chi connectivity index (χ3n) is 2.37. The number of halogens is 1. The highest BCUT2D eigenvalue weighted by atomic mass is 19.1. The second-order valence-corrected chi connectivity index (χ2v) is 3.95. The molecule has 18 heavy (non-hydrogen) atoms. The summed E-state index contributed by atoms with van der Waals surface area (Å²) in [6.45, 7) is 3.50. The number of hydrogen-bond acceptors (Lipinski definition) is 3. The first-order chi connectivity index (χ1) is 8.45. The van der Waals surface area contributed by atoms with Crippen LogP contribution in [0.5, 0.6) is 0 Å². The van der Waals surface area contributed by atoms with Gasteiger partial charge in [-0.25, -0.2) is 4.39 Å². The molecular weight excluding hydrogens is 237 g/mol. The first-order valence-electron chi connectivity index (χ1n) is 5.63. The lowest BCUT2D eigenvalue weighted by Gasteiger charge is -2.16. The topological polar surface area (TPSA) is 46.6 Å². The highest BCUT2D eigenvalue weighted by Gasteiger charge is 2.18. The molecule has 0 fully saturated rings. The number of esters is 1. The van der Waals surface area contributed by atoms with Gasteiger partial charge in [-0.1, -0.05) is 11.6 Å². The van der Waals surface area contributed by atoms with E-state index in [1.807, 2.05) is 0 Å². The molecule has 1 rings (SSSR count). The fraction of sp³-hybridized carbons (Fsp3) is 0.385. The van der Waals surface area contributed by atoms with Gasteiger partial charge in [0.25, 0.3) is 5.91 Å². The molecule has 0 saturated heterocycles. The number of hydrogen-bond donors (Lipinski definition) is 0. The van der Waals surface area contributed by atoms with Crippen molar-refractivity contribution in [1.29, 1.82) is 0 Å². The summed E-state index contributed by atoms with van der Waals surface area (Å²) in [6.07, 6.45) is 0. The summed E-state index contributed by atoms with van der Waals surface area (Å²) in [6, 6.07) is 4.28. The maximum absolute atomic E-state index is 13.5. The van der Waals surface area contributed by atoms with Crippen molar-refractivity contribution in [3.8, 4) is 0 Å². The molecule has 98 valence electrons. The molecule has 0 aliphatic carbocycles. The zero-order valence-corrected chi connectivity index (χ0v) is 10.7. The van der Waals surface area contributed by atoms with Gasteiger partial charge in [0.2, 0.25) is 0 Å². The van der Waals surface area contributed by atoms with Crippen molar-refractivity contribution < 1.29 is 18.7 Å². The summed E-state index contributed by atoms with van der Waals surface area (Å²) < 4.78 is 18.2. The SMILES string of the molecule is CCOC(=O)CN(C)C(=O)c1cc(C)ccc1F. The van der Waals surface area contributed by atoms with Crippen molar-refractivity contribution in [2.75, 3.05) is 20.2 Å². The predicted octanol–water partition coefficient (Wildman–Crippen LogP) is 1.77. The Kier molecular flexibility index (Phi) is 4.83. The Morgan fingerprint density at radius 3 is 2.67 bits per heavy atom. The van der Waals surface area contributed by atoms with E-state index in [0.29, 0.717) is 0 Å². The summed E-state index contributed by atoms with van der Waals surface area (Å²) in [5, 5.41) is 0. The number of aryl methyl sites for hydroxylation is 1. The van der Waals surface area contributed by atoms with Crippen LogP contribution in [0.15, 0.2) is 18.2 Å². The van der Waals surface area contributed by atoms with Gasteiger partial charge < -0.3 is 9.64 Å². The standard InChI is InChI=1S/C13H16FNO3/c1-4-18-12(16)8-15(3)13(17)10-7-9(2)5-6-11(10)14/h5-7H,4,8H2,1-3H3. The zero-order valence-electron chi connectivity index (χ0n) is 10.7. The van der Waals surface area contributed by atoms with Crippen LogP contribution in [-0.2, 0) is 9.53 Å². The minimum absolute atomic E-state index is 0.0400. The minimum atomic E-state index is -0.596. The molecule has 0 aromatic heterocycles. The fourth-order valence-electron chi connectivity index (χ4n) is 1.48. The van der Waals surface area contributed by atoms with Gasteiger partial charge in [-0.2, -0.15) is 0 Å². The number of carbonyl (C=O) groups is 2.